The molecule has 3 rings (SSSR count). The van der Waals surface area contributed by atoms with Crippen LogP contribution in [0.25, 0.3) is 5.52 Å². The number of nitrogens with zero attached hydrogens (tertiary/aromatic N) is 4. The van der Waals surface area contributed by atoms with E-state index in [-0.39, 0.29) is 5.28 Å². The third kappa shape index (κ3) is 4.31. The van der Waals surface area contributed by atoms with Gasteiger partial charge in [-0.2, -0.15) is 4.98 Å². The van der Waals surface area contributed by atoms with E-state index in [1.165, 1.54) is 4.90 Å². The topological polar surface area (TPSA) is 59.7 Å². The molecule has 1 amide bonds. The van der Waals surface area contributed by atoms with E-state index in [9.17, 15) is 4.79 Å². The number of hydrogen-bond acceptors (Lipinski definition) is 5. The first-order valence-corrected chi connectivity index (χ1v) is 9.52. The largest absolute Gasteiger partial charge is 0.443 e. The van der Waals surface area contributed by atoms with E-state index in [4.69, 9.17) is 16.3 Å². The third-order valence-electron chi connectivity index (χ3n) is 3.15. The molecule has 25 heavy (non-hydrogen) atoms. The van der Waals surface area contributed by atoms with Crippen molar-refractivity contribution in [3.05, 3.63) is 44.4 Å². The zero-order valence-corrected chi connectivity index (χ0v) is 17.0. The van der Waals surface area contributed by atoms with E-state index in [0.29, 0.717) is 17.9 Å². The lowest BCUT2D eigenvalue weighted by Gasteiger charge is -2.26. The molecule has 0 aromatic carbocycles. The van der Waals surface area contributed by atoms with Crippen molar-refractivity contribution >= 4 is 56.3 Å². The quantitative estimate of drug-likeness (QED) is 0.562. The van der Waals surface area contributed by atoms with Gasteiger partial charge in [-0.3, -0.25) is 4.90 Å². The Hall–Kier alpha value is -1.64. The van der Waals surface area contributed by atoms with E-state index in [1.54, 1.807) is 22.0 Å². The molecule has 3 aromatic rings. The molecule has 0 unspecified atom stereocenters. The Morgan fingerprint density at radius 1 is 1.48 bits per heavy atom. The molecule has 0 fully saturated rings. The minimum Gasteiger partial charge on any atom is -0.443 e. The van der Waals surface area contributed by atoms with Gasteiger partial charge in [0.15, 0.2) is 5.82 Å². The molecule has 0 aliphatic rings. The summed E-state index contributed by atoms with van der Waals surface area (Å²) < 4.78 is 7.96. The lowest BCUT2D eigenvalue weighted by Crippen LogP contribution is -2.37. The van der Waals surface area contributed by atoms with Gasteiger partial charge in [-0.15, -0.1) is 16.4 Å². The minimum atomic E-state index is -0.625. The second-order valence-electron chi connectivity index (χ2n) is 6.34. The highest BCUT2D eigenvalue weighted by Gasteiger charge is 2.27. The number of anilines is 1. The minimum absolute atomic E-state index is 0.0466. The summed E-state index contributed by atoms with van der Waals surface area (Å²) in [6.45, 7) is 5.80. The molecule has 6 nitrogen and oxygen atoms in total. The summed E-state index contributed by atoms with van der Waals surface area (Å²) in [5.74, 6) is 0.397. The van der Waals surface area contributed by atoms with Crippen molar-refractivity contribution in [2.24, 2.45) is 0 Å². The first-order chi connectivity index (χ1) is 11.7. The van der Waals surface area contributed by atoms with E-state index in [1.807, 2.05) is 44.4 Å². The zero-order valence-electron chi connectivity index (χ0n) is 13.9. The van der Waals surface area contributed by atoms with Crippen molar-refractivity contribution in [3.8, 4) is 0 Å². The second kappa shape index (κ2) is 6.93. The first-order valence-electron chi connectivity index (χ1n) is 7.47. The Morgan fingerprint density at radius 2 is 2.24 bits per heavy atom. The van der Waals surface area contributed by atoms with E-state index >= 15 is 0 Å². The molecule has 0 radical (unpaired) electrons. The fourth-order valence-electron chi connectivity index (χ4n) is 2.23. The standard InChI is InChI=1S/C16H16BrClN4O2S/c1-16(2,3)24-15(23)21(9-11-5-4-6-25-11)13-12-7-10(17)8-22(12)20-14(18)19-13/h4-8H,9H2,1-3H3. The lowest BCUT2D eigenvalue weighted by molar-refractivity contribution is 0.0577. The Balaban J connectivity index is 2.09. The summed E-state index contributed by atoms with van der Waals surface area (Å²) in [7, 11) is 0. The Morgan fingerprint density at radius 3 is 2.88 bits per heavy atom. The van der Waals surface area contributed by atoms with Crippen LogP contribution in [0.1, 0.15) is 25.6 Å². The molecule has 0 spiro atoms. The highest BCUT2D eigenvalue weighted by Crippen LogP contribution is 2.28. The number of amides is 1. The number of aromatic nitrogens is 3. The predicted molar refractivity (Wildman–Crippen MR) is 102 cm³/mol. The maximum Gasteiger partial charge on any atom is 0.416 e. The number of hydrogen-bond donors (Lipinski definition) is 0. The van der Waals surface area contributed by atoms with Gasteiger partial charge in [-0.05, 0) is 65.8 Å². The summed E-state index contributed by atoms with van der Waals surface area (Å²) >= 11 is 11.0. The number of halogens is 2. The van der Waals surface area contributed by atoms with E-state index < -0.39 is 11.7 Å². The molecule has 0 saturated carbocycles. The molecule has 3 aromatic heterocycles. The van der Waals surface area contributed by atoms with Crippen molar-refractivity contribution in [2.45, 2.75) is 32.9 Å². The summed E-state index contributed by atoms with van der Waals surface area (Å²) in [6, 6.07) is 5.72. The van der Waals surface area contributed by atoms with Crippen molar-refractivity contribution in [1.29, 1.82) is 0 Å². The molecule has 132 valence electrons. The lowest BCUT2D eigenvalue weighted by atomic mass is 10.2. The van der Waals surface area contributed by atoms with Gasteiger partial charge in [0.2, 0.25) is 5.28 Å². The fourth-order valence-corrected chi connectivity index (χ4v) is 3.49. The van der Waals surface area contributed by atoms with Gasteiger partial charge < -0.3 is 4.74 Å². The van der Waals surface area contributed by atoms with E-state index in [0.717, 1.165) is 9.35 Å². The third-order valence-corrected chi connectivity index (χ3v) is 4.60. The normalized spacial score (nSPS) is 11.7. The second-order valence-corrected chi connectivity index (χ2v) is 8.62. The monoisotopic (exact) mass is 442 g/mol. The van der Waals surface area contributed by atoms with Crippen LogP contribution in [0.15, 0.2) is 34.2 Å². The van der Waals surface area contributed by atoms with Crippen LogP contribution in [0.4, 0.5) is 10.6 Å². The average Bonchev–Trinajstić information content (AvgIpc) is 3.10. The maximum absolute atomic E-state index is 12.8. The zero-order chi connectivity index (χ0) is 18.2. The average molecular weight is 444 g/mol. The Bertz CT molecular complexity index is 905. The van der Waals surface area contributed by atoms with Crippen LogP contribution in [0, 0.1) is 0 Å². The van der Waals surface area contributed by atoms with Gasteiger partial charge in [-0.1, -0.05) is 6.07 Å². The highest BCUT2D eigenvalue weighted by molar-refractivity contribution is 9.10. The highest BCUT2D eigenvalue weighted by atomic mass is 79.9. The van der Waals surface area contributed by atoms with Crippen LogP contribution < -0.4 is 4.90 Å². The van der Waals surface area contributed by atoms with Gasteiger partial charge in [0, 0.05) is 15.5 Å². The van der Waals surface area contributed by atoms with Crippen molar-refractivity contribution in [1.82, 2.24) is 14.6 Å². The number of thiophene rings is 1. The van der Waals surface area contributed by atoms with Crippen molar-refractivity contribution in [2.75, 3.05) is 4.90 Å². The summed E-state index contributed by atoms with van der Waals surface area (Å²) in [6.07, 6.45) is 1.26. The van der Waals surface area contributed by atoms with Gasteiger partial charge >= 0.3 is 6.09 Å². The van der Waals surface area contributed by atoms with Crippen LogP contribution in [-0.2, 0) is 11.3 Å². The molecule has 3 heterocycles. The number of carbonyl (C=O) groups is 1. The number of carbonyl (C=O) groups excluding carboxylic acids is 1. The van der Waals surface area contributed by atoms with E-state index in [2.05, 4.69) is 26.0 Å². The smallest absolute Gasteiger partial charge is 0.416 e. The van der Waals surface area contributed by atoms with Crippen molar-refractivity contribution in [3.63, 3.8) is 0 Å². The number of fused-ring (bicyclic) bond motifs is 1. The first kappa shape index (κ1) is 18.2. The molecular weight excluding hydrogens is 428 g/mol. The molecule has 0 aliphatic carbocycles. The van der Waals surface area contributed by atoms with Crippen LogP contribution >= 0.6 is 38.9 Å². The van der Waals surface area contributed by atoms with Crippen LogP contribution in [0.3, 0.4) is 0 Å². The van der Waals surface area contributed by atoms with Crippen LogP contribution in [0.5, 0.6) is 0 Å². The molecular formula is C16H16BrClN4O2S. The molecule has 0 saturated heterocycles. The molecule has 9 heteroatoms. The van der Waals surface area contributed by atoms with Gasteiger partial charge in [0.25, 0.3) is 0 Å². The number of rotatable bonds is 3. The van der Waals surface area contributed by atoms with Crippen molar-refractivity contribution < 1.29 is 9.53 Å². The van der Waals surface area contributed by atoms with Crippen LogP contribution in [0.2, 0.25) is 5.28 Å². The predicted octanol–water partition coefficient (Wildman–Crippen LogP) is 5.15. The molecule has 0 atom stereocenters. The molecule has 0 bridgehead atoms. The van der Waals surface area contributed by atoms with Gasteiger partial charge in [0.1, 0.15) is 11.1 Å². The Kier molecular flexibility index (Phi) is 5.04. The summed E-state index contributed by atoms with van der Waals surface area (Å²) in [5.41, 5.74) is 0.0270. The Labute approximate surface area is 162 Å². The van der Waals surface area contributed by atoms with Gasteiger partial charge in [0.05, 0.1) is 6.54 Å². The molecule has 0 N–H and O–H groups in total. The SMILES string of the molecule is CC(C)(C)OC(=O)N(Cc1cccs1)c1nc(Cl)nn2cc(Br)cc12. The summed E-state index contributed by atoms with van der Waals surface area (Å²) in [4.78, 5) is 19.6. The maximum atomic E-state index is 12.8. The van der Waals surface area contributed by atoms with Gasteiger partial charge in [-0.25, -0.2) is 9.31 Å². The molecule has 0 aliphatic heterocycles. The van der Waals surface area contributed by atoms with Crippen LogP contribution in [-0.4, -0.2) is 26.3 Å². The fraction of sp³-hybridized carbons (Fsp3) is 0.312. The summed E-state index contributed by atoms with van der Waals surface area (Å²) in [5, 5.41) is 6.14. The number of ether oxygens (including phenoxy) is 1.